The van der Waals surface area contributed by atoms with Gasteiger partial charge in [0.1, 0.15) is 0 Å². The summed E-state index contributed by atoms with van der Waals surface area (Å²) in [6.07, 6.45) is 11.4. The Bertz CT molecular complexity index is 568. The van der Waals surface area contributed by atoms with Crippen molar-refractivity contribution >= 4 is 12.2 Å². The average molecular weight is 357 g/mol. The molecule has 1 aliphatic carbocycles. The van der Waals surface area contributed by atoms with Crippen LogP contribution in [0.15, 0.2) is 30.3 Å². The molecule has 2 unspecified atom stereocenters. The van der Waals surface area contributed by atoms with Crippen molar-refractivity contribution in [3.8, 4) is 0 Å². The lowest BCUT2D eigenvalue weighted by Gasteiger charge is -2.26. The maximum absolute atomic E-state index is 12.8. The first-order chi connectivity index (χ1) is 12.8. The summed E-state index contributed by atoms with van der Waals surface area (Å²) in [7, 11) is 0. The third-order valence-corrected chi connectivity index (χ3v) is 5.82. The Morgan fingerprint density at radius 3 is 2.62 bits per heavy atom. The van der Waals surface area contributed by atoms with Crippen LogP contribution in [0.1, 0.15) is 63.4 Å². The van der Waals surface area contributed by atoms with E-state index >= 15 is 0 Å². The highest BCUT2D eigenvalue weighted by Crippen LogP contribution is 2.28. The summed E-state index contributed by atoms with van der Waals surface area (Å²) in [6, 6.07) is 10.1. The molecule has 0 N–H and O–H groups in total. The quantitative estimate of drug-likeness (QED) is 0.519. The van der Waals surface area contributed by atoms with Crippen LogP contribution in [0.2, 0.25) is 0 Å². The van der Waals surface area contributed by atoms with E-state index in [4.69, 9.17) is 4.74 Å². The van der Waals surface area contributed by atoms with E-state index < -0.39 is 6.23 Å². The van der Waals surface area contributed by atoms with Crippen LogP contribution in [-0.2, 0) is 20.7 Å². The molecular weight excluding hydrogens is 326 g/mol. The van der Waals surface area contributed by atoms with E-state index in [1.807, 2.05) is 18.2 Å². The van der Waals surface area contributed by atoms with Crippen molar-refractivity contribution in [2.75, 3.05) is 6.61 Å². The second kappa shape index (κ2) is 9.86. The van der Waals surface area contributed by atoms with Gasteiger partial charge in [-0.1, -0.05) is 75.3 Å². The van der Waals surface area contributed by atoms with Crippen LogP contribution in [0.4, 0.5) is 0 Å². The van der Waals surface area contributed by atoms with Crippen molar-refractivity contribution in [1.82, 2.24) is 4.90 Å². The zero-order valence-corrected chi connectivity index (χ0v) is 15.6. The second-order valence-electron chi connectivity index (χ2n) is 7.75. The summed E-state index contributed by atoms with van der Waals surface area (Å²) >= 11 is 0. The molecule has 0 radical (unpaired) electrons. The predicted molar refractivity (Wildman–Crippen MR) is 102 cm³/mol. The predicted octanol–water partition coefficient (Wildman–Crippen LogP) is 4.12. The number of nitrogens with zero attached hydrogens (tertiary/aromatic N) is 1. The van der Waals surface area contributed by atoms with Crippen molar-refractivity contribution in [3.05, 3.63) is 35.9 Å². The van der Waals surface area contributed by atoms with Gasteiger partial charge in [-0.05, 0) is 24.3 Å². The van der Waals surface area contributed by atoms with E-state index in [9.17, 15) is 9.59 Å². The lowest BCUT2D eigenvalue weighted by molar-refractivity contribution is -0.142. The molecule has 1 saturated heterocycles. The Morgan fingerprint density at radius 2 is 1.88 bits per heavy atom. The molecule has 1 saturated carbocycles. The Kier molecular flexibility index (Phi) is 7.24. The minimum Gasteiger partial charge on any atom is -0.349 e. The number of aldehydes is 1. The third-order valence-electron chi connectivity index (χ3n) is 5.82. The van der Waals surface area contributed by atoms with Gasteiger partial charge >= 0.3 is 0 Å². The minimum absolute atomic E-state index is 0.0431. The van der Waals surface area contributed by atoms with Crippen LogP contribution < -0.4 is 0 Å². The molecule has 0 spiro atoms. The van der Waals surface area contributed by atoms with Crippen molar-refractivity contribution in [2.24, 2.45) is 5.92 Å². The molecule has 3 rings (SSSR count). The molecule has 4 heteroatoms. The van der Waals surface area contributed by atoms with Crippen LogP contribution >= 0.6 is 0 Å². The SMILES string of the molecule is O=CC1OCC(Cc2ccccc2)N1C(=O)CCCCC1CCCCC1. The molecule has 0 bridgehead atoms. The van der Waals surface area contributed by atoms with Crippen LogP contribution in [0.3, 0.4) is 0 Å². The first-order valence-electron chi connectivity index (χ1n) is 10.2. The fourth-order valence-electron chi connectivity index (χ4n) is 4.39. The largest absolute Gasteiger partial charge is 0.349 e. The first kappa shape index (κ1) is 19.1. The van der Waals surface area contributed by atoms with Crippen LogP contribution in [0.5, 0.6) is 0 Å². The second-order valence-corrected chi connectivity index (χ2v) is 7.75. The molecule has 0 aromatic heterocycles. The normalized spacial score (nSPS) is 23.9. The molecule has 1 aliphatic heterocycles. The number of ether oxygens (including phenoxy) is 1. The van der Waals surface area contributed by atoms with Gasteiger partial charge in [-0.25, -0.2) is 0 Å². The number of amides is 1. The highest BCUT2D eigenvalue weighted by molar-refractivity contribution is 5.80. The minimum atomic E-state index is -0.713. The molecule has 4 nitrogen and oxygen atoms in total. The number of unbranched alkanes of at least 4 members (excludes halogenated alkanes) is 1. The van der Waals surface area contributed by atoms with Gasteiger partial charge in [0, 0.05) is 6.42 Å². The third kappa shape index (κ3) is 5.16. The lowest BCUT2D eigenvalue weighted by atomic mass is 9.85. The summed E-state index contributed by atoms with van der Waals surface area (Å²) < 4.78 is 5.56. The fraction of sp³-hybridized carbons (Fsp3) is 0.636. The van der Waals surface area contributed by atoms with Gasteiger partial charge in [-0.15, -0.1) is 0 Å². The highest BCUT2D eigenvalue weighted by atomic mass is 16.5. The number of hydrogen-bond acceptors (Lipinski definition) is 3. The Hall–Kier alpha value is -1.68. The van der Waals surface area contributed by atoms with E-state index in [0.717, 1.165) is 31.5 Å². The Labute approximate surface area is 156 Å². The molecule has 142 valence electrons. The van der Waals surface area contributed by atoms with Crippen LogP contribution in [0.25, 0.3) is 0 Å². The lowest BCUT2D eigenvalue weighted by Crippen LogP contribution is -2.43. The highest BCUT2D eigenvalue weighted by Gasteiger charge is 2.37. The Morgan fingerprint density at radius 1 is 1.12 bits per heavy atom. The zero-order valence-electron chi connectivity index (χ0n) is 15.6. The van der Waals surface area contributed by atoms with Crippen LogP contribution in [-0.4, -0.2) is 36.0 Å². The molecular formula is C22H31NO3. The number of carbonyl (C=O) groups is 2. The van der Waals surface area contributed by atoms with Gasteiger partial charge in [-0.2, -0.15) is 0 Å². The van der Waals surface area contributed by atoms with E-state index in [0.29, 0.717) is 13.0 Å². The van der Waals surface area contributed by atoms with E-state index in [2.05, 4.69) is 12.1 Å². The summed E-state index contributed by atoms with van der Waals surface area (Å²) in [5.41, 5.74) is 1.17. The summed E-state index contributed by atoms with van der Waals surface area (Å²) in [4.78, 5) is 25.8. The molecule has 2 fully saturated rings. The van der Waals surface area contributed by atoms with Crippen molar-refractivity contribution in [2.45, 2.75) is 76.5 Å². The smallest absolute Gasteiger partial charge is 0.225 e. The van der Waals surface area contributed by atoms with E-state index in [-0.39, 0.29) is 11.9 Å². The van der Waals surface area contributed by atoms with Gasteiger partial charge in [0.25, 0.3) is 0 Å². The molecule has 1 aromatic rings. The van der Waals surface area contributed by atoms with Crippen molar-refractivity contribution in [3.63, 3.8) is 0 Å². The monoisotopic (exact) mass is 357 g/mol. The van der Waals surface area contributed by atoms with Crippen LogP contribution in [0, 0.1) is 5.92 Å². The molecule has 2 atom stereocenters. The van der Waals surface area contributed by atoms with E-state index in [1.165, 1.54) is 44.1 Å². The topological polar surface area (TPSA) is 46.6 Å². The fourth-order valence-corrected chi connectivity index (χ4v) is 4.39. The first-order valence-corrected chi connectivity index (χ1v) is 10.2. The number of carbonyl (C=O) groups excluding carboxylic acids is 2. The number of benzene rings is 1. The maximum Gasteiger partial charge on any atom is 0.225 e. The standard InChI is InChI=1S/C22H31NO3/c24-16-22-23(20(17-26-22)15-19-12-5-2-6-13-19)21(25)14-8-7-11-18-9-3-1-4-10-18/h2,5-6,12-13,16,18,20,22H,1,3-4,7-11,14-15,17H2. The average Bonchev–Trinajstić information content (AvgIpc) is 3.09. The van der Waals surface area contributed by atoms with Gasteiger partial charge in [0.15, 0.2) is 12.5 Å². The van der Waals surface area contributed by atoms with E-state index in [1.54, 1.807) is 4.90 Å². The summed E-state index contributed by atoms with van der Waals surface area (Å²) in [5, 5.41) is 0. The molecule has 1 amide bonds. The summed E-state index contributed by atoms with van der Waals surface area (Å²) in [5.74, 6) is 0.923. The summed E-state index contributed by atoms with van der Waals surface area (Å²) in [6.45, 7) is 0.437. The number of hydrogen-bond donors (Lipinski definition) is 0. The maximum atomic E-state index is 12.8. The van der Waals surface area contributed by atoms with Crippen molar-refractivity contribution in [1.29, 1.82) is 0 Å². The Balaban J connectivity index is 1.48. The molecule has 2 aliphatic rings. The number of rotatable bonds is 8. The van der Waals surface area contributed by atoms with Gasteiger partial charge in [-0.3, -0.25) is 9.59 Å². The van der Waals surface area contributed by atoms with Gasteiger partial charge < -0.3 is 9.64 Å². The molecule has 1 aromatic carbocycles. The van der Waals surface area contributed by atoms with Gasteiger partial charge in [0.05, 0.1) is 12.6 Å². The zero-order chi connectivity index (χ0) is 18.2. The molecule has 26 heavy (non-hydrogen) atoms. The molecule has 1 heterocycles. The van der Waals surface area contributed by atoms with Gasteiger partial charge in [0.2, 0.25) is 5.91 Å². The van der Waals surface area contributed by atoms with Crippen molar-refractivity contribution < 1.29 is 14.3 Å².